The minimum absolute atomic E-state index is 0.296. The molecule has 0 aromatic heterocycles. The second kappa shape index (κ2) is 3.29. The minimum atomic E-state index is -2.07. The first-order valence-corrected chi connectivity index (χ1v) is 6.37. The molecule has 2 aromatic carbocycles. The van der Waals surface area contributed by atoms with Gasteiger partial charge >= 0.3 is 0 Å². The standard InChI is InChI=1S/C16H12O4/c1-9-6-7-13-12(8-9)15(18)14(17)10-4-2-3-5-11(10)16(15,19)20-13/h2-8,18-19H,1H3/t15-,16+/m0/s1. The lowest BCUT2D eigenvalue weighted by molar-refractivity contribution is -0.224. The van der Waals surface area contributed by atoms with Crippen LogP contribution in [0.5, 0.6) is 5.75 Å². The Morgan fingerprint density at radius 3 is 2.60 bits per heavy atom. The summed E-state index contributed by atoms with van der Waals surface area (Å²) in [4.78, 5) is 12.6. The fourth-order valence-electron chi connectivity index (χ4n) is 3.13. The predicted octanol–water partition coefficient (Wildman–Crippen LogP) is 1.62. The van der Waals surface area contributed by atoms with E-state index in [9.17, 15) is 15.0 Å². The maximum absolute atomic E-state index is 12.6. The number of carbonyl (C=O) groups excluding carboxylic acids is 1. The quantitative estimate of drug-likeness (QED) is 0.762. The molecule has 0 saturated heterocycles. The molecule has 2 N–H and O–H groups in total. The maximum atomic E-state index is 12.6. The van der Waals surface area contributed by atoms with E-state index in [4.69, 9.17) is 4.74 Å². The third-order valence-corrected chi connectivity index (χ3v) is 4.14. The van der Waals surface area contributed by atoms with Gasteiger partial charge in [0.25, 0.3) is 5.79 Å². The molecule has 20 heavy (non-hydrogen) atoms. The Labute approximate surface area is 115 Å². The highest BCUT2D eigenvalue weighted by Gasteiger charge is 2.70. The molecule has 0 unspecified atom stereocenters. The van der Waals surface area contributed by atoms with Gasteiger partial charge < -0.3 is 14.9 Å². The van der Waals surface area contributed by atoms with Gasteiger partial charge in [0.1, 0.15) is 5.75 Å². The van der Waals surface area contributed by atoms with Crippen molar-refractivity contribution < 1.29 is 19.7 Å². The number of Topliss-reactive ketones (excluding diaryl/α,β-unsaturated/α-hetero) is 1. The summed E-state index contributed by atoms with van der Waals surface area (Å²) in [6.07, 6.45) is 0. The fourth-order valence-corrected chi connectivity index (χ4v) is 3.13. The monoisotopic (exact) mass is 268 g/mol. The number of ketones is 1. The summed E-state index contributed by atoms with van der Waals surface area (Å²) < 4.78 is 5.56. The Morgan fingerprint density at radius 1 is 1.05 bits per heavy atom. The summed E-state index contributed by atoms with van der Waals surface area (Å²) in [5.41, 5.74) is -0.265. The second-order valence-electron chi connectivity index (χ2n) is 5.33. The van der Waals surface area contributed by atoms with Gasteiger partial charge in [-0.25, -0.2) is 0 Å². The number of hydrogen-bond donors (Lipinski definition) is 2. The highest BCUT2D eigenvalue weighted by molar-refractivity contribution is 6.09. The predicted molar refractivity (Wildman–Crippen MR) is 70.4 cm³/mol. The molecule has 1 aliphatic carbocycles. The van der Waals surface area contributed by atoms with Crippen molar-refractivity contribution in [3.8, 4) is 5.75 Å². The van der Waals surface area contributed by atoms with Gasteiger partial charge in [0.15, 0.2) is 0 Å². The van der Waals surface area contributed by atoms with Crippen LogP contribution in [0, 0.1) is 6.92 Å². The van der Waals surface area contributed by atoms with Crippen LogP contribution in [0.3, 0.4) is 0 Å². The lowest BCUT2D eigenvalue weighted by Gasteiger charge is -2.28. The van der Waals surface area contributed by atoms with Crippen LogP contribution >= 0.6 is 0 Å². The van der Waals surface area contributed by atoms with Gasteiger partial charge in [0.05, 0.1) is 0 Å². The highest BCUT2D eigenvalue weighted by atomic mass is 16.7. The normalized spacial score (nSPS) is 29.6. The molecule has 0 bridgehead atoms. The van der Waals surface area contributed by atoms with Gasteiger partial charge in [-0.3, -0.25) is 4.79 Å². The summed E-state index contributed by atoms with van der Waals surface area (Å²) >= 11 is 0. The van der Waals surface area contributed by atoms with Crippen LogP contribution in [-0.4, -0.2) is 16.0 Å². The largest absolute Gasteiger partial charge is 0.454 e. The van der Waals surface area contributed by atoms with Crippen molar-refractivity contribution in [3.05, 3.63) is 64.7 Å². The third kappa shape index (κ3) is 1.04. The molecular weight excluding hydrogens is 256 g/mol. The Balaban J connectivity index is 2.07. The fraction of sp³-hybridized carbons (Fsp3) is 0.188. The van der Waals surface area contributed by atoms with Crippen molar-refractivity contribution in [1.82, 2.24) is 0 Å². The van der Waals surface area contributed by atoms with Gasteiger partial charge in [-0.2, -0.15) is 0 Å². The van der Waals surface area contributed by atoms with E-state index in [1.54, 1.807) is 36.4 Å². The smallest absolute Gasteiger partial charge is 0.276 e. The molecule has 4 nitrogen and oxygen atoms in total. The van der Waals surface area contributed by atoms with Gasteiger partial charge in [0.2, 0.25) is 11.4 Å². The van der Waals surface area contributed by atoms with Crippen LogP contribution in [0.15, 0.2) is 42.5 Å². The van der Waals surface area contributed by atoms with Gasteiger partial charge in [-0.05, 0) is 19.1 Å². The van der Waals surface area contributed by atoms with Crippen LogP contribution in [0.1, 0.15) is 27.0 Å². The van der Waals surface area contributed by atoms with E-state index in [2.05, 4.69) is 0 Å². The minimum Gasteiger partial charge on any atom is -0.454 e. The molecule has 4 rings (SSSR count). The first-order valence-electron chi connectivity index (χ1n) is 6.37. The Kier molecular flexibility index (Phi) is 1.91. The van der Waals surface area contributed by atoms with Crippen LogP contribution in [0.4, 0.5) is 0 Å². The number of aryl methyl sites for hydroxylation is 1. The lowest BCUT2D eigenvalue weighted by atomic mass is 9.86. The zero-order valence-corrected chi connectivity index (χ0v) is 10.8. The summed E-state index contributed by atoms with van der Waals surface area (Å²) in [5, 5.41) is 21.8. The zero-order chi connectivity index (χ0) is 14.1. The topological polar surface area (TPSA) is 66.8 Å². The summed E-state index contributed by atoms with van der Waals surface area (Å²) in [5.74, 6) is -2.24. The molecule has 0 spiro atoms. The molecule has 0 fully saturated rings. The number of ether oxygens (including phenoxy) is 1. The molecule has 0 radical (unpaired) electrons. The highest BCUT2D eigenvalue weighted by Crippen LogP contribution is 2.57. The molecule has 1 heterocycles. The molecule has 1 aliphatic heterocycles. The lowest BCUT2D eigenvalue weighted by Crippen LogP contribution is -2.48. The van der Waals surface area contributed by atoms with E-state index >= 15 is 0 Å². The van der Waals surface area contributed by atoms with E-state index < -0.39 is 17.2 Å². The first kappa shape index (κ1) is 11.6. The van der Waals surface area contributed by atoms with Crippen molar-refractivity contribution in [2.45, 2.75) is 18.3 Å². The van der Waals surface area contributed by atoms with E-state index in [0.717, 1.165) is 5.56 Å². The summed E-state index contributed by atoms with van der Waals surface area (Å²) in [6.45, 7) is 1.85. The Morgan fingerprint density at radius 2 is 1.80 bits per heavy atom. The van der Waals surface area contributed by atoms with Crippen molar-refractivity contribution in [2.24, 2.45) is 0 Å². The summed E-state index contributed by atoms with van der Waals surface area (Å²) in [7, 11) is 0. The van der Waals surface area contributed by atoms with Gasteiger partial charge in [-0.1, -0.05) is 35.9 Å². The number of hydrogen-bond acceptors (Lipinski definition) is 4. The van der Waals surface area contributed by atoms with Crippen molar-refractivity contribution in [3.63, 3.8) is 0 Å². The Hall–Kier alpha value is -2.17. The third-order valence-electron chi connectivity index (χ3n) is 4.14. The molecule has 100 valence electrons. The molecule has 0 saturated carbocycles. The number of carbonyl (C=O) groups is 1. The van der Waals surface area contributed by atoms with E-state index in [1.807, 2.05) is 13.0 Å². The van der Waals surface area contributed by atoms with Gasteiger partial charge in [0, 0.05) is 16.7 Å². The molecule has 2 atom stereocenters. The van der Waals surface area contributed by atoms with Crippen molar-refractivity contribution >= 4 is 5.78 Å². The maximum Gasteiger partial charge on any atom is 0.276 e. The molecule has 2 aliphatic rings. The van der Waals surface area contributed by atoms with Crippen LogP contribution in [0.25, 0.3) is 0 Å². The summed E-state index contributed by atoms with van der Waals surface area (Å²) in [6, 6.07) is 11.7. The SMILES string of the molecule is Cc1ccc2c(c1)[C@]1(O)C(=O)c3ccccc3[C@@]1(O)O2. The van der Waals surface area contributed by atoms with Crippen molar-refractivity contribution in [1.29, 1.82) is 0 Å². The molecule has 2 aromatic rings. The van der Waals surface area contributed by atoms with E-state index in [-0.39, 0.29) is 0 Å². The van der Waals surface area contributed by atoms with Crippen LogP contribution in [-0.2, 0) is 11.4 Å². The van der Waals surface area contributed by atoms with E-state index in [0.29, 0.717) is 22.4 Å². The number of aliphatic hydroxyl groups is 2. The molecule has 4 heteroatoms. The van der Waals surface area contributed by atoms with Crippen LogP contribution < -0.4 is 4.74 Å². The average molecular weight is 268 g/mol. The molecular formula is C16H12O4. The van der Waals surface area contributed by atoms with Gasteiger partial charge in [-0.15, -0.1) is 0 Å². The number of fused-ring (bicyclic) bond motifs is 5. The van der Waals surface area contributed by atoms with Crippen molar-refractivity contribution in [2.75, 3.05) is 0 Å². The zero-order valence-electron chi connectivity index (χ0n) is 10.8. The Bertz CT molecular complexity index is 767. The molecule has 0 amide bonds. The average Bonchev–Trinajstić information content (AvgIpc) is 2.77. The van der Waals surface area contributed by atoms with E-state index in [1.165, 1.54) is 0 Å². The number of benzene rings is 2. The van der Waals surface area contributed by atoms with Crippen LogP contribution in [0.2, 0.25) is 0 Å². The number of rotatable bonds is 0. The first-order chi connectivity index (χ1) is 9.48. The second-order valence-corrected chi connectivity index (χ2v) is 5.33.